The van der Waals surface area contributed by atoms with Crippen LogP contribution in [0.25, 0.3) is 0 Å². The molecule has 0 aliphatic carbocycles. The first-order valence-corrected chi connectivity index (χ1v) is 7.76. The lowest BCUT2D eigenvalue weighted by Crippen LogP contribution is -2.45. The lowest BCUT2D eigenvalue weighted by molar-refractivity contribution is -0.119. The first-order chi connectivity index (χ1) is 10.6. The molecule has 120 valence electrons. The van der Waals surface area contributed by atoms with Crippen molar-refractivity contribution in [2.75, 3.05) is 32.8 Å². The highest BCUT2D eigenvalue weighted by molar-refractivity contribution is 5.89. The summed E-state index contributed by atoms with van der Waals surface area (Å²) in [6.45, 7) is 8.65. The molecule has 0 unspecified atom stereocenters. The van der Waals surface area contributed by atoms with Crippen LogP contribution < -0.4 is 0 Å². The molecule has 0 aromatic heterocycles. The molecule has 0 saturated carbocycles. The number of nitrogens with zero attached hydrogens (tertiary/aromatic N) is 2. The fourth-order valence-corrected chi connectivity index (χ4v) is 2.36. The number of hydrogen-bond donors (Lipinski definition) is 0. The van der Waals surface area contributed by atoms with Crippen molar-refractivity contribution in [3.8, 4) is 0 Å². The summed E-state index contributed by atoms with van der Waals surface area (Å²) in [5, 5.41) is 0. The molecule has 5 heteroatoms. The van der Waals surface area contributed by atoms with Crippen LogP contribution in [-0.4, -0.2) is 55.0 Å². The van der Waals surface area contributed by atoms with E-state index in [1.54, 1.807) is 4.90 Å². The first-order valence-electron chi connectivity index (χ1n) is 7.76. The smallest absolute Gasteiger partial charge is 0.338 e. The summed E-state index contributed by atoms with van der Waals surface area (Å²) in [4.78, 5) is 26.6. The molecule has 2 rings (SSSR count). The van der Waals surface area contributed by atoms with Gasteiger partial charge in [-0.2, -0.15) is 0 Å². The van der Waals surface area contributed by atoms with E-state index in [-0.39, 0.29) is 5.97 Å². The van der Waals surface area contributed by atoms with Gasteiger partial charge in [-0.05, 0) is 23.6 Å². The number of hydrogen-bond acceptors (Lipinski definition) is 4. The lowest BCUT2D eigenvalue weighted by Gasteiger charge is -2.32. The van der Waals surface area contributed by atoms with Gasteiger partial charge in [0, 0.05) is 32.7 Å². The molecule has 1 fully saturated rings. The summed E-state index contributed by atoms with van der Waals surface area (Å²) in [6.07, 6.45) is 0.912. The van der Waals surface area contributed by atoms with Crippen molar-refractivity contribution in [1.29, 1.82) is 0 Å². The van der Waals surface area contributed by atoms with E-state index in [1.807, 2.05) is 38.1 Å². The number of carbonyl (C=O) groups excluding carboxylic acids is 2. The van der Waals surface area contributed by atoms with Gasteiger partial charge in [-0.25, -0.2) is 4.79 Å². The molecule has 0 bridgehead atoms. The number of benzene rings is 1. The Balaban J connectivity index is 1.84. The number of carbonyl (C=O) groups is 2. The lowest BCUT2D eigenvalue weighted by atomic mass is 10.1. The molecule has 1 aliphatic heterocycles. The van der Waals surface area contributed by atoms with Crippen LogP contribution in [0.4, 0.5) is 0 Å². The third-order valence-electron chi connectivity index (χ3n) is 3.70. The number of amides is 1. The normalized spacial score (nSPS) is 15.9. The number of rotatable bonds is 6. The maximum absolute atomic E-state index is 11.8. The first kappa shape index (κ1) is 16.5. The van der Waals surface area contributed by atoms with Crippen LogP contribution in [0, 0.1) is 5.92 Å². The highest BCUT2D eigenvalue weighted by Gasteiger charge is 2.15. The van der Waals surface area contributed by atoms with Gasteiger partial charge in [0.25, 0.3) is 0 Å². The van der Waals surface area contributed by atoms with Crippen LogP contribution in [0.5, 0.6) is 0 Å². The van der Waals surface area contributed by atoms with Crippen molar-refractivity contribution in [2.24, 2.45) is 5.92 Å². The fraction of sp³-hybridized carbons (Fsp3) is 0.529. The van der Waals surface area contributed by atoms with E-state index in [2.05, 4.69) is 4.90 Å². The fourth-order valence-electron chi connectivity index (χ4n) is 2.36. The number of esters is 1. The van der Waals surface area contributed by atoms with Crippen LogP contribution in [0.1, 0.15) is 29.8 Å². The minimum atomic E-state index is -0.264. The van der Waals surface area contributed by atoms with E-state index < -0.39 is 0 Å². The summed E-state index contributed by atoms with van der Waals surface area (Å²) in [7, 11) is 0. The van der Waals surface area contributed by atoms with E-state index in [1.165, 1.54) is 5.56 Å². The second-order valence-electron chi connectivity index (χ2n) is 6.11. The summed E-state index contributed by atoms with van der Waals surface area (Å²) in [5.74, 6) is 0.0769. The van der Waals surface area contributed by atoms with Crippen LogP contribution in [0.2, 0.25) is 0 Å². The molecule has 22 heavy (non-hydrogen) atoms. The van der Waals surface area contributed by atoms with Gasteiger partial charge < -0.3 is 9.64 Å². The van der Waals surface area contributed by atoms with Crippen molar-refractivity contribution < 1.29 is 14.3 Å². The Hall–Kier alpha value is -1.88. The molecule has 1 aromatic rings. The molecule has 0 atom stereocenters. The van der Waals surface area contributed by atoms with Crippen molar-refractivity contribution in [1.82, 2.24) is 9.80 Å². The standard InChI is InChI=1S/C17H24N2O3/c1-14(2)12-22-17(21)16-5-3-15(4-6-16)11-18-7-9-19(13-20)10-8-18/h3-6,13-14H,7-12H2,1-2H3. The summed E-state index contributed by atoms with van der Waals surface area (Å²) < 4.78 is 5.22. The number of piperazine rings is 1. The molecule has 0 spiro atoms. The second kappa shape index (κ2) is 7.94. The Labute approximate surface area is 131 Å². The minimum absolute atomic E-state index is 0.264. The quantitative estimate of drug-likeness (QED) is 0.594. The topological polar surface area (TPSA) is 49.9 Å². The van der Waals surface area contributed by atoms with Crippen LogP contribution in [0.3, 0.4) is 0 Å². The molecule has 1 saturated heterocycles. The molecule has 1 amide bonds. The SMILES string of the molecule is CC(C)COC(=O)c1ccc(CN2CCN(C=O)CC2)cc1. The zero-order valence-corrected chi connectivity index (χ0v) is 13.3. The van der Waals surface area contributed by atoms with Crippen LogP contribution in [0.15, 0.2) is 24.3 Å². The third-order valence-corrected chi connectivity index (χ3v) is 3.70. The van der Waals surface area contributed by atoms with E-state index >= 15 is 0 Å². The van der Waals surface area contributed by atoms with E-state index in [9.17, 15) is 9.59 Å². The Kier molecular flexibility index (Phi) is 5.95. The highest BCUT2D eigenvalue weighted by Crippen LogP contribution is 2.11. The average Bonchev–Trinajstić information content (AvgIpc) is 2.54. The van der Waals surface area contributed by atoms with Gasteiger partial charge in [-0.3, -0.25) is 9.69 Å². The molecular weight excluding hydrogens is 280 g/mol. The van der Waals surface area contributed by atoms with Gasteiger partial charge in [0.15, 0.2) is 0 Å². The predicted octanol–water partition coefficient (Wildman–Crippen LogP) is 1.77. The molecule has 5 nitrogen and oxygen atoms in total. The Bertz CT molecular complexity index is 491. The zero-order chi connectivity index (χ0) is 15.9. The molecule has 1 aromatic carbocycles. The van der Waals surface area contributed by atoms with Crippen molar-refractivity contribution in [3.05, 3.63) is 35.4 Å². The largest absolute Gasteiger partial charge is 0.462 e. The Morgan fingerprint density at radius 3 is 2.36 bits per heavy atom. The average molecular weight is 304 g/mol. The maximum Gasteiger partial charge on any atom is 0.338 e. The molecule has 0 radical (unpaired) electrons. The van der Waals surface area contributed by atoms with Crippen LogP contribution >= 0.6 is 0 Å². The Morgan fingerprint density at radius 1 is 1.18 bits per heavy atom. The van der Waals surface area contributed by atoms with Gasteiger partial charge in [-0.1, -0.05) is 26.0 Å². The monoisotopic (exact) mass is 304 g/mol. The number of ether oxygens (including phenoxy) is 1. The van der Waals surface area contributed by atoms with Gasteiger partial charge in [-0.15, -0.1) is 0 Å². The Morgan fingerprint density at radius 2 is 1.82 bits per heavy atom. The summed E-state index contributed by atoms with van der Waals surface area (Å²) >= 11 is 0. The molecule has 1 heterocycles. The summed E-state index contributed by atoms with van der Waals surface area (Å²) in [6, 6.07) is 7.58. The zero-order valence-electron chi connectivity index (χ0n) is 13.3. The van der Waals surface area contributed by atoms with Gasteiger partial charge in [0.05, 0.1) is 12.2 Å². The van der Waals surface area contributed by atoms with E-state index in [0.717, 1.165) is 39.1 Å². The van der Waals surface area contributed by atoms with Gasteiger partial charge >= 0.3 is 5.97 Å². The van der Waals surface area contributed by atoms with Gasteiger partial charge in [0.1, 0.15) is 0 Å². The van der Waals surface area contributed by atoms with E-state index in [4.69, 9.17) is 4.74 Å². The predicted molar refractivity (Wildman–Crippen MR) is 84.5 cm³/mol. The third kappa shape index (κ3) is 4.84. The summed E-state index contributed by atoms with van der Waals surface area (Å²) in [5.41, 5.74) is 1.76. The molecule has 1 aliphatic rings. The highest BCUT2D eigenvalue weighted by atomic mass is 16.5. The minimum Gasteiger partial charge on any atom is -0.462 e. The van der Waals surface area contributed by atoms with Crippen molar-refractivity contribution in [2.45, 2.75) is 20.4 Å². The van der Waals surface area contributed by atoms with Crippen LogP contribution in [-0.2, 0) is 16.1 Å². The van der Waals surface area contributed by atoms with Crippen molar-refractivity contribution in [3.63, 3.8) is 0 Å². The van der Waals surface area contributed by atoms with Crippen molar-refractivity contribution >= 4 is 12.4 Å². The van der Waals surface area contributed by atoms with Gasteiger partial charge in [0.2, 0.25) is 6.41 Å². The molecule has 0 N–H and O–H groups in total. The van der Waals surface area contributed by atoms with E-state index in [0.29, 0.717) is 18.1 Å². The maximum atomic E-state index is 11.8. The second-order valence-corrected chi connectivity index (χ2v) is 6.11. The molecular formula is C17H24N2O3.